The third kappa shape index (κ3) is 2.13. The van der Waals surface area contributed by atoms with Crippen LogP contribution in [0.2, 0.25) is 5.02 Å². The number of carbonyl (C=O) groups is 1. The number of benzene rings is 1. The molecule has 5 heteroatoms. The Morgan fingerprint density at radius 3 is 2.70 bits per heavy atom. The summed E-state index contributed by atoms with van der Waals surface area (Å²) in [7, 11) is 0. The maximum absolute atomic E-state index is 12.9. The van der Waals surface area contributed by atoms with Crippen LogP contribution in [0.4, 0.5) is 0 Å². The SMILES string of the molecule is CCN1CCn2c(c(-c3ccc(Cl)cc3)c3ncccc32)C1=O. The quantitative estimate of drug-likeness (QED) is 0.718. The summed E-state index contributed by atoms with van der Waals surface area (Å²) < 4.78 is 2.10. The van der Waals surface area contributed by atoms with E-state index in [1.807, 2.05) is 48.2 Å². The number of aromatic nitrogens is 2. The van der Waals surface area contributed by atoms with Gasteiger partial charge in [-0.2, -0.15) is 0 Å². The van der Waals surface area contributed by atoms with Crippen LogP contribution < -0.4 is 0 Å². The highest BCUT2D eigenvalue weighted by atomic mass is 35.5. The molecule has 0 radical (unpaired) electrons. The molecule has 1 aliphatic heterocycles. The molecule has 23 heavy (non-hydrogen) atoms. The van der Waals surface area contributed by atoms with Crippen LogP contribution in [0.15, 0.2) is 42.6 Å². The number of rotatable bonds is 2. The van der Waals surface area contributed by atoms with E-state index in [1.165, 1.54) is 0 Å². The van der Waals surface area contributed by atoms with Gasteiger partial charge in [0.15, 0.2) is 0 Å². The zero-order valence-corrected chi connectivity index (χ0v) is 13.5. The van der Waals surface area contributed by atoms with Gasteiger partial charge in [-0.3, -0.25) is 9.78 Å². The van der Waals surface area contributed by atoms with E-state index in [9.17, 15) is 4.79 Å². The normalized spacial score (nSPS) is 14.3. The number of pyridine rings is 1. The molecule has 0 spiro atoms. The number of nitrogens with zero attached hydrogens (tertiary/aromatic N) is 3. The largest absolute Gasteiger partial charge is 0.336 e. The van der Waals surface area contributed by atoms with E-state index >= 15 is 0 Å². The summed E-state index contributed by atoms with van der Waals surface area (Å²) in [5.74, 6) is 0.0710. The number of carbonyl (C=O) groups excluding carboxylic acids is 1. The molecule has 0 bridgehead atoms. The van der Waals surface area contributed by atoms with Crippen molar-refractivity contribution < 1.29 is 4.79 Å². The molecule has 0 saturated heterocycles. The van der Waals surface area contributed by atoms with Crippen molar-refractivity contribution in [1.82, 2.24) is 14.5 Å². The van der Waals surface area contributed by atoms with Crippen LogP contribution in [0.25, 0.3) is 22.2 Å². The van der Waals surface area contributed by atoms with E-state index in [0.717, 1.165) is 40.9 Å². The monoisotopic (exact) mass is 325 g/mol. The second-order valence-corrected chi connectivity index (χ2v) is 6.07. The van der Waals surface area contributed by atoms with Gasteiger partial charge in [0.25, 0.3) is 5.91 Å². The summed E-state index contributed by atoms with van der Waals surface area (Å²) in [4.78, 5) is 19.4. The zero-order chi connectivity index (χ0) is 16.0. The molecule has 1 amide bonds. The maximum atomic E-state index is 12.9. The van der Waals surface area contributed by atoms with Gasteiger partial charge in [-0.05, 0) is 36.8 Å². The first-order valence-electron chi connectivity index (χ1n) is 7.73. The molecule has 3 heterocycles. The molecule has 0 N–H and O–H groups in total. The fourth-order valence-corrected chi connectivity index (χ4v) is 3.42. The lowest BCUT2D eigenvalue weighted by molar-refractivity contribution is 0.0718. The molecule has 116 valence electrons. The van der Waals surface area contributed by atoms with E-state index in [4.69, 9.17) is 11.6 Å². The summed E-state index contributed by atoms with van der Waals surface area (Å²) in [6.45, 7) is 4.26. The van der Waals surface area contributed by atoms with E-state index in [2.05, 4.69) is 9.55 Å². The van der Waals surface area contributed by atoms with Crippen LogP contribution in [-0.4, -0.2) is 33.4 Å². The first kappa shape index (κ1) is 14.3. The Balaban J connectivity index is 2.05. The lowest BCUT2D eigenvalue weighted by atomic mass is 10.0. The van der Waals surface area contributed by atoms with E-state index < -0.39 is 0 Å². The van der Waals surface area contributed by atoms with E-state index in [0.29, 0.717) is 11.6 Å². The Hall–Kier alpha value is -2.33. The van der Waals surface area contributed by atoms with Gasteiger partial charge in [0, 0.05) is 36.4 Å². The van der Waals surface area contributed by atoms with E-state index in [-0.39, 0.29) is 5.91 Å². The molecular weight excluding hydrogens is 310 g/mol. The second kappa shape index (κ2) is 5.39. The number of likely N-dealkylation sites (N-methyl/N-ethyl adjacent to an activating group) is 1. The van der Waals surface area contributed by atoms with Crippen molar-refractivity contribution in [1.29, 1.82) is 0 Å². The summed E-state index contributed by atoms with van der Waals surface area (Å²) in [5.41, 5.74) is 4.49. The minimum atomic E-state index is 0.0710. The second-order valence-electron chi connectivity index (χ2n) is 5.64. The Bertz CT molecular complexity index is 899. The molecule has 0 aliphatic carbocycles. The lowest BCUT2D eigenvalue weighted by Crippen LogP contribution is -2.40. The number of fused-ring (bicyclic) bond motifs is 3. The van der Waals surface area contributed by atoms with Crippen LogP contribution in [0.5, 0.6) is 0 Å². The standard InChI is InChI=1S/C18H16ClN3O/c1-2-21-10-11-22-14-4-3-9-20-16(14)15(17(22)18(21)23)12-5-7-13(19)8-6-12/h3-9H,2,10-11H2,1H3. The molecule has 1 aromatic carbocycles. The van der Waals surface area contributed by atoms with Gasteiger partial charge in [-0.25, -0.2) is 0 Å². The van der Waals surface area contributed by atoms with Gasteiger partial charge in [0.05, 0.1) is 11.0 Å². The average Bonchev–Trinajstić information content (AvgIpc) is 2.92. The number of amides is 1. The van der Waals surface area contributed by atoms with Crippen molar-refractivity contribution in [2.75, 3.05) is 13.1 Å². The van der Waals surface area contributed by atoms with Crippen molar-refractivity contribution in [3.05, 3.63) is 53.3 Å². The van der Waals surface area contributed by atoms with Gasteiger partial charge < -0.3 is 9.47 Å². The summed E-state index contributed by atoms with van der Waals surface area (Å²) >= 11 is 6.01. The van der Waals surface area contributed by atoms with Gasteiger partial charge >= 0.3 is 0 Å². The minimum Gasteiger partial charge on any atom is -0.336 e. The van der Waals surface area contributed by atoms with Gasteiger partial charge in [0.2, 0.25) is 0 Å². The summed E-state index contributed by atoms with van der Waals surface area (Å²) in [6.07, 6.45) is 1.77. The Morgan fingerprint density at radius 1 is 1.17 bits per heavy atom. The first-order valence-corrected chi connectivity index (χ1v) is 8.11. The van der Waals surface area contributed by atoms with E-state index in [1.54, 1.807) is 6.20 Å². The van der Waals surface area contributed by atoms with Gasteiger partial charge in [-0.1, -0.05) is 23.7 Å². The molecule has 4 rings (SSSR count). The van der Waals surface area contributed by atoms with Gasteiger partial charge in [0.1, 0.15) is 5.69 Å². The molecule has 1 aliphatic rings. The predicted octanol–water partition coefficient (Wildman–Crippen LogP) is 3.83. The van der Waals surface area contributed by atoms with Crippen LogP contribution in [-0.2, 0) is 6.54 Å². The fourth-order valence-electron chi connectivity index (χ4n) is 3.29. The average molecular weight is 326 g/mol. The molecule has 2 aromatic heterocycles. The summed E-state index contributed by atoms with van der Waals surface area (Å²) in [6, 6.07) is 11.5. The van der Waals surface area contributed by atoms with Crippen LogP contribution >= 0.6 is 11.6 Å². The molecule has 4 nitrogen and oxygen atoms in total. The van der Waals surface area contributed by atoms with Crippen molar-refractivity contribution >= 4 is 28.5 Å². The number of hydrogen-bond acceptors (Lipinski definition) is 2. The van der Waals surface area contributed by atoms with Gasteiger partial charge in [-0.15, -0.1) is 0 Å². The Kier molecular flexibility index (Phi) is 3.34. The van der Waals surface area contributed by atoms with Crippen molar-refractivity contribution in [2.45, 2.75) is 13.5 Å². The number of halogens is 1. The third-order valence-corrected chi connectivity index (χ3v) is 4.67. The molecule has 3 aromatic rings. The topological polar surface area (TPSA) is 38.1 Å². The van der Waals surface area contributed by atoms with Crippen LogP contribution in [0.1, 0.15) is 17.4 Å². The van der Waals surface area contributed by atoms with Crippen molar-refractivity contribution in [2.24, 2.45) is 0 Å². The first-order chi connectivity index (χ1) is 11.2. The maximum Gasteiger partial charge on any atom is 0.271 e. The van der Waals surface area contributed by atoms with Crippen molar-refractivity contribution in [3.8, 4) is 11.1 Å². The summed E-state index contributed by atoms with van der Waals surface area (Å²) in [5, 5.41) is 0.681. The predicted molar refractivity (Wildman–Crippen MR) is 91.8 cm³/mol. The van der Waals surface area contributed by atoms with Crippen LogP contribution in [0.3, 0.4) is 0 Å². The number of hydrogen-bond donors (Lipinski definition) is 0. The third-order valence-electron chi connectivity index (χ3n) is 4.42. The molecular formula is C18H16ClN3O. The van der Waals surface area contributed by atoms with Crippen molar-refractivity contribution in [3.63, 3.8) is 0 Å². The lowest BCUT2D eigenvalue weighted by Gasteiger charge is -2.28. The molecule has 0 saturated carbocycles. The smallest absolute Gasteiger partial charge is 0.271 e. The minimum absolute atomic E-state index is 0.0710. The van der Waals surface area contributed by atoms with Crippen LogP contribution in [0, 0.1) is 0 Å². The Labute approximate surface area is 139 Å². The molecule has 0 fully saturated rings. The molecule has 0 unspecified atom stereocenters. The highest BCUT2D eigenvalue weighted by molar-refractivity contribution is 6.30. The highest BCUT2D eigenvalue weighted by Gasteiger charge is 2.30. The Morgan fingerprint density at radius 2 is 1.96 bits per heavy atom. The highest BCUT2D eigenvalue weighted by Crippen LogP contribution is 2.36. The molecule has 0 atom stereocenters. The zero-order valence-electron chi connectivity index (χ0n) is 12.8. The fraction of sp³-hybridized carbons (Fsp3) is 0.222.